The molecule has 0 spiro atoms. The highest BCUT2D eigenvalue weighted by atomic mass is 16.5. The number of nitrogens with one attached hydrogen (secondary N) is 1. The predicted molar refractivity (Wildman–Crippen MR) is 120 cm³/mol. The van der Waals surface area contributed by atoms with Crippen molar-refractivity contribution < 1.29 is 9.53 Å². The molecule has 3 rings (SSSR count). The molecule has 0 aromatic carbocycles. The molecule has 0 atom stereocenters. The first-order valence-electron chi connectivity index (χ1n) is 10.6. The summed E-state index contributed by atoms with van der Waals surface area (Å²) in [5.74, 6) is 0.641. The molecule has 1 aliphatic heterocycles. The lowest BCUT2D eigenvalue weighted by Gasteiger charge is -2.32. The summed E-state index contributed by atoms with van der Waals surface area (Å²) in [6.45, 7) is 6.58. The first kappa shape index (κ1) is 22.5. The maximum Gasteiger partial charge on any atom is 0.267 e. The number of anilines is 1. The number of rotatable bonds is 7. The van der Waals surface area contributed by atoms with Crippen LogP contribution in [-0.2, 0) is 9.53 Å². The number of aryl methyl sites for hydroxylation is 1. The van der Waals surface area contributed by atoms with Gasteiger partial charge in [0.25, 0.3) is 11.5 Å². The fraction of sp³-hybridized carbons (Fsp3) is 0.478. The Morgan fingerprint density at radius 1 is 1.42 bits per heavy atom. The number of hydrogen-bond donors (Lipinski definition) is 1. The molecular weight excluding hydrogens is 394 g/mol. The second-order valence-corrected chi connectivity index (χ2v) is 7.98. The van der Waals surface area contributed by atoms with Crippen LogP contribution >= 0.6 is 0 Å². The van der Waals surface area contributed by atoms with E-state index >= 15 is 0 Å². The van der Waals surface area contributed by atoms with E-state index in [1.54, 1.807) is 19.4 Å². The molecule has 1 N–H and O–H groups in total. The van der Waals surface area contributed by atoms with Gasteiger partial charge in [0.15, 0.2) is 0 Å². The Balaban J connectivity index is 2.06. The molecule has 2 aromatic heterocycles. The van der Waals surface area contributed by atoms with Gasteiger partial charge in [0.1, 0.15) is 23.1 Å². The van der Waals surface area contributed by atoms with Crippen molar-refractivity contribution >= 4 is 23.4 Å². The van der Waals surface area contributed by atoms with E-state index in [9.17, 15) is 14.9 Å². The monoisotopic (exact) mass is 423 g/mol. The molecule has 3 heterocycles. The quantitative estimate of drug-likeness (QED) is 0.417. The molecule has 0 radical (unpaired) electrons. The summed E-state index contributed by atoms with van der Waals surface area (Å²) in [7, 11) is 1.59. The maximum absolute atomic E-state index is 13.4. The van der Waals surface area contributed by atoms with Crippen LogP contribution in [0.25, 0.3) is 11.7 Å². The van der Waals surface area contributed by atoms with Crippen molar-refractivity contribution in [3.63, 3.8) is 0 Å². The number of nitriles is 1. The van der Waals surface area contributed by atoms with Crippen LogP contribution < -0.4 is 15.8 Å². The number of fused-ring (bicyclic) bond motifs is 1. The third-order valence-electron chi connectivity index (χ3n) is 5.61. The van der Waals surface area contributed by atoms with E-state index in [0.29, 0.717) is 37.0 Å². The normalized spacial score (nSPS) is 15.2. The third-order valence-corrected chi connectivity index (χ3v) is 5.61. The second kappa shape index (κ2) is 10.2. The van der Waals surface area contributed by atoms with Crippen LogP contribution in [0.3, 0.4) is 0 Å². The van der Waals surface area contributed by atoms with Crippen molar-refractivity contribution in [1.29, 1.82) is 5.26 Å². The molecule has 8 nitrogen and oxygen atoms in total. The van der Waals surface area contributed by atoms with Crippen molar-refractivity contribution in [1.82, 2.24) is 14.7 Å². The number of carbonyl (C=O) groups excluding carboxylic acids is 1. The Labute approximate surface area is 182 Å². The van der Waals surface area contributed by atoms with Gasteiger partial charge in [-0.25, -0.2) is 4.98 Å². The summed E-state index contributed by atoms with van der Waals surface area (Å²) in [4.78, 5) is 32.8. The predicted octanol–water partition coefficient (Wildman–Crippen LogP) is 2.30. The molecule has 0 aliphatic carbocycles. The van der Waals surface area contributed by atoms with Crippen LogP contribution in [0.15, 0.2) is 28.7 Å². The highest BCUT2D eigenvalue weighted by Crippen LogP contribution is 2.25. The summed E-state index contributed by atoms with van der Waals surface area (Å²) in [5, 5.41) is 12.3. The molecule has 0 unspecified atom stereocenters. The summed E-state index contributed by atoms with van der Waals surface area (Å²) >= 11 is 0. The maximum atomic E-state index is 13.4. The van der Waals surface area contributed by atoms with Crippen LogP contribution in [0, 0.1) is 24.2 Å². The Bertz CT molecular complexity index is 1080. The van der Waals surface area contributed by atoms with Gasteiger partial charge in [0, 0.05) is 39.5 Å². The number of ether oxygens (including phenoxy) is 1. The molecule has 1 aliphatic rings. The van der Waals surface area contributed by atoms with Crippen LogP contribution in [-0.4, -0.2) is 48.6 Å². The summed E-state index contributed by atoms with van der Waals surface area (Å²) in [6, 6.07) is 5.64. The molecule has 2 aromatic rings. The smallest absolute Gasteiger partial charge is 0.267 e. The molecule has 1 fully saturated rings. The first-order chi connectivity index (χ1) is 15.0. The number of amides is 1. The number of pyridine rings is 1. The number of aromatic nitrogens is 2. The van der Waals surface area contributed by atoms with Gasteiger partial charge in [-0.2, -0.15) is 5.26 Å². The Morgan fingerprint density at radius 2 is 2.16 bits per heavy atom. The Hall–Kier alpha value is -3.18. The van der Waals surface area contributed by atoms with Gasteiger partial charge in [-0.1, -0.05) is 13.0 Å². The zero-order valence-electron chi connectivity index (χ0n) is 18.4. The molecule has 31 heavy (non-hydrogen) atoms. The van der Waals surface area contributed by atoms with Gasteiger partial charge in [-0.05, 0) is 49.8 Å². The van der Waals surface area contributed by atoms with Gasteiger partial charge < -0.3 is 15.0 Å². The summed E-state index contributed by atoms with van der Waals surface area (Å²) in [6.07, 6.45) is 5.68. The van der Waals surface area contributed by atoms with Crippen molar-refractivity contribution in [2.45, 2.75) is 33.1 Å². The standard InChI is InChI=1S/C23H29N5O3/c1-16-7-11-27(12-8-16)21-19(14-18(15-24)22(29)25-9-5-13-31-3)23(30)28-10-4-6-17(2)20(28)26-21/h4,6,10,14,16H,5,7-9,11-13H2,1-3H3,(H,25,29)/b18-14+. The fourth-order valence-corrected chi connectivity index (χ4v) is 3.69. The Kier molecular flexibility index (Phi) is 7.42. The first-order valence-corrected chi connectivity index (χ1v) is 10.6. The van der Waals surface area contributed by atoms with Gasteiger partial charge in [-0.3, -0.25) is 14.0 Å². The average Bonchev–Trinajstić information content (AvgIpc) is 2.77. The lowest BCUT2D eigenvalue weighted by molar-refractivity contribution is -0.117. The fourth-order valence-electron chi connectivity index (χ4n) is 3.69. The van der Waals surface area contributed by atoms with E-state index in [0.717, 1.165) is 31.5 Å². The highest BCUT2D eigenvalue weighted by Gasteiger charge is 2.23. The minimum atomic E-state index is -0.509. The lowest BCUT2D eigenvalue weighted by Crippen LogP contribution is -2.36. The van der Waals surface area contributed by atoms with E-state index in [1.165, 1.54) is 10.5 Å². The highest BCUT2D eigenvalue weighted by molar-refractivity contribution is 6.02. The van der Waals surface area contributed by atoms with Crippen LogP contribution in [0.2, 0.25) is 0 Å². The molecule has 164 valence electrons. The van der Waals surface area contributed by atoms with Crippen LogP contribution in [0.1, 0.15) is 37.3 Å². The molecular formula is C23H29N5O3. The number of carbonyl (C=O) groups is 1. The summed E-state index contributed by atoms with van der Waals surface area (Å²) in [5.41, 5.74) is 1.33. The van der Waals surface area contributed by atoms with E-state index in [4.69, 9.17) is 9.72 Å². The zero-order valence-corrected chi connectivity index (χ0v) is 18.4. The van der Waals surface area contributed by atoms with Crippen LogP contribution in [0.4, 0.5) is 5.82 Å². The molecule has 1 amide bonds. The molecule has 0 saturated carbocycles. The average molecular weight is 424 g/mol. The zero-order chi connectivity index (χ0) is 22.4. The molecule has 0 bridgehead atoms. The lowest BCUT2D eigenvalue weighted by atomic mass is 9.99. The van der Waals surface area contributed by atoms with Gasteiger partial charge >= 0.3 is 0 Å². The molecule has 8 heteroatoms. The third kappa shape index (κ3) is 5.12. The number of piperidine rings is 1. The van der Waals surface area contributed by atoms with E-state index in [1.807, 2.05) is 19.1 Å². The van der Waals surface area contributed by atoms with Gasteiger partial charge in [0.05, 0.1) is 5.56 Å². The van der Waals surface area contributed by atoms with Crippen molar-refractivity contribution in [2.24, 2.45) is 5.92 Å². The minimum absolute atomic E-state index is 0.115. The topological polar surface area (TPSA) is 99.7 Å². The largest absolute Gasteiger partial charge is 0.385 e. The molecule has 1 saturated heterocycles. The number of methoxy groups -OCH3 is 1. The van der Waals surface area contributed by atoms with Crippen LogP contribution in [0.5, 0.6) is 0 Å². The van der Waals surface area contributed by atoms with Crippen molar-refractivity contribution in [2.75, 3.05) is 38.3 Å². The summed E-state index contributed by atoms with van der Waals surface area (Å²) < 4.78 is 6.45. The van der Waals surface area contributed by atoms with Crippen molar-refractivity contribution in [3.8, 4) is 6.07 Å². The number of nitrogens with zero attached hydrogens (tertiary/aromatic N) is 4. The van der Waals surface area contributed by atoms with Crippen molar-refractivity contribution in [3.05, 3.63) is 45.4 Å². The van der Waals surface area contributed by atoms with E-state index in [2.05, 4.69) is 17.1 Å². The minimum Gasteiger partial charge on any atom is -0.385 e. The Morgan fingerprint density at radius 3 is 2.84 bits per heavy atom. The van der Waals surface area contributed by atoms with Gasteiger partial charge in [0.2, 0.25) is 0 Å². The second-order valence-electron chi connectivity index (χ2n) is 7.98. The number of hydrogen-bond acceptors (Lipinski definition) is 6. The van der Waals surface area contributed by atoms with E-state index in [-0.39, 0.29) is 16.7 Å². The van der Waals surface area contributed by atoms with E-state index < -0.39 is 5.91 Å². The van der Waals surface area contributed by atoms with Gasteiger partial charge in [-0.15, -0.1) is 0 Å². The SMILES string of the molecule is COCCCNC(=O)/C(C#N)=C/c1c(N2CCC(C)CC2)nc2c(C)cccn2c1=O.